The lowest BCUT2D eigenvalue weighted by Gasteiger charge is -2.31. The van der Waals surface area contributed by atoms with Crippen molar-refractivity contribution in [2.75, 3.05) is 13.1 Å². The fraction of sp³-hybridized carbons (Fsp3) is 0.320. The number of Topliss-reactive ketones (excluding diaryl/α,β-unsaturated/α-hetero) is 1. The zero-order valence-electron chi connectivity index (χ0n) is 17.9. The molecule has 2 heterocycles. The molecule has 1 N–H and O–H groups in total. The summed E-state index contributed by atoms with van der Waals surface area (Å²) < 4.78 is 5.80. The lowest BCUT2D eigenvalue weighted by atomic mass is 9.89. The minimum Gasteiger partial charge on any atom is -0.457 e. The van der Waals surface area contributed by atoms with Crippen molar-refractivity contribution in [3.63, 3.8) is 0 Å². The van der Waals surface area contributed by atoms with Gasteiger partial charge in [0.1, 0.15) is 11.5 Å². The molecule has 1 atom stereocenters. The molecule has 1 saturated heterocycles. The van der Waals surface area contributed by atoms with Crippen LogP contribution in [0.4, 0.5) is 0 Å². The van der Waals surface area contributed by atoms with Crippen molar-refractivity contribution in [3.05, 3.63) is 77.1 Å². The Balaban J connectivity index is 1.42. The minimum absolute atomic E-state index is 0.0664. The number of nitrogens with one attached hydrogen (secondary N) is 1. The summed E-state index contributed by atoms with van der Waals surface area (Å²) in [6.45, 7) is 5.02. The molecule has 1 amide bonds. The Labute approximate surface area is 182 Å². The number of benzene rings is 2. The predicted molar refractivity (Wildman–Crippen MR) is 119 cm³/mol. The van der Waals surface area contributed by atoms with Gasteiger partial charge < -0.3 is 9.64 Å². The summed E-state index contributed by atoms with van der Waals surface area (Å²) in [4.78, 5) is 27.8. The zero-order chi connectivity index (χ0) is 21.8. The number of hydrogen-bond acceptors (Lipinski definition) is 4. The summed E-state index contributed by atoms with van der Waals surface area (Å²) >= 11 is 0. The fourth-order valence-electron chi connectivity index (χ4n) is 4.06. The number of carbonyl (C=O) groups excluding carboxylic acids is 2. The Hall–Kier alpha value is -3.41. The Bertz CT molecular complexity index is 1060. The molecule has 0 saturated carbocycles. The van der Waals surface area contributed by atoms with Gasteiger partial charge in [-0.1, -0.05) is 25.1 Å². The van der Waals surface area contributed by atoms with Gasteiger partial charge >= 0.3 is 0 Å². The second-order valence-corrected chi connectivity index (χ2v) is 7.92. The van der Waals surface area contributed by atoms with Crippen LogP contribution in [-0.4, -0.2) is 39.9 Å². The largest absolute Gasteiger partial charge is 0.457 e. The van der Waals surface area contributed by atoms with Gasteiger partial charge in [-0.05, 0) is 62.6 Å². The number of aromatic nitrogens is 2. The highest BCUT2D eigenvalue weighted by molar-refractivity contribution is 5.99. The number of ether oxygens (including phenoxy) is 1. The molecule has 4 rings (SSSR count). The van der Waals surface area contributed by atoms with Crippen molar-refractivity contribution in [2.24, 2.45) is 5.92 Å². The van der Waals surface area contributed by atoms with Crippen LogP contribution in [0.1, 0.15) is 51.9 Å². The first-order chi connectivity index (χ1) is 15.1. The van der Waals surface area contributed by atoms with Gasteiger partial charge in [0.05, 0.1) is 0 Å². The van der Waals surface area contributed by atoms with Gasteiger partial charge in [0.2, 0.25) is 0 Å². The van der Waals surface area contributed by atoms with Crippen molar-refractivity contribution in [1.29, 1.82) is 0 Å². The highest BCUT2D eigenvalue weighted by Crippen LogP contribution is 2.26. The number of piperidine rings is 1. The number of carbonyl (C=O) groups is 2. The van der Waals surface area contributed by atoms with E-state index in [0.717, 1.165) is 36.3 Å². The maximum absolute atomic E-state index is 13.1. The van der Waals surface area contributed by atoms with E-state index < -0.39 is 0 Å². The molecule has 0 bridgehead atoms. The van der Waals surface area contributed by atoms with Crippen molar-refractivity contribution >= 4 is 11.7 Å². The van der Waals surface area contributed by atoms with E-state index in [-0.39, 0.29) is 17.6 Å². The van der Waals surface area contributed by atoms with E-state index >= 15 is 0 Å². The van der Waals surface area contributed by atoms with Crippen LogP contribution in [0.2, 0.25) is 0 Å². The Morgan fingerprint density at radius 1 is 1.10 bits per heavy atom. The number of amides is 1. The van der Waals surface area contributed by atoms with Gasteiger partial charge in [-0.15, -0.1) is 0 Å². The number of hydrogen-bond donors (Lipinski definition) is 1. The first-order valence-electron chi connectivity index (χ1n) is 10.8. The normalized spacial score (nSPS) is 16.2. The quantitative estimate of drug-likeness (QED) is 0.584. The molecule has 31 heavy (non-hydrogen) atoms. The molecule has 0 spiro atoms. The number of aromatic amines is 1. The van der Waals surface area contributed by atoms with Gasteiger partial charge in [-0.3, -0.25) is 14.7 Å². The highest BCUT2D eigenvalue weighted by Gasteiger charge is 2.31. The van der Waals surface area contributed by atoms with Crippen molar-refractivity contribution < 1.29 is 14.3 Å². The number of nitrogens with zero attached hydrogens (tertiary/aromatic N) is 2. The number of aryl methyl sites for hydroxylation is 1. The molecule has 0 unspecified atom stereocenters. The van der Waals surface area contributed by atoms with E-state index in [1.54, 1.807) is 17.0 Å². The minimum atomic E-state index is -0.205. The number of H-pyrrole nitrogens is 1. The fourth-order valence-corrected chi connectivity index (χ4v) is 4.06. The lowest BCUT2D eigenvalue weighted by Crippen LogP contribution is -2.42. The van der Waals surface area contributed by atoms with Gasteiger partial charge in [0.25, 0.3) is 5.91 Å². The molecule has 6 heteroatoms. The van der Waals surface area contributed by atoms with Crippen LogP contribution in [0.5, 0.6) is 11.5 Å². The van der Waals surface area contributed by atoms with Crippen LogP contribution in [-0.2, 0) is 6.42 Å². The smallest absolute Gasteiger partial charge is 0.274 e. The monoisotopic (exact) mass is 417 g/mol. The van der Waals surface area contributed by atoms with E-state index in [1.165, 1.54) is 0 Å². The summed E-state index contributed by atoms with van der Waals surface area (Å²) in [6.07, 6.45) is 2.39. The molecule has 1 aliphatic rings. The van der Waals surface area contributed by atoms with E-state index in [2.05, 4.69) is 10.2 Å². The van der Waals surface area contributed by atoms with Gasteiger partial charge in [0.15, 0.2) is 11.5 Å². The number of rotatable bonds is 6. The van der Waals surface area contributed by atoms with Crippen LogP contribution < -0.4 is 4.74 Å². The van der Waals surface area contributed by atoms with Gasteiger partial charge in [0, 0.05) is 35.8 Å². The summed E-state index contributed by atoms with van der Waals surface area (Å²) in [6, 6.07) is 16.8. The van der Waals surface area contributed by atoms with E-state index in [0.29, 0.717) is 30.1 Å². The molecule has 0 aliphatic carbocycles. The summed E-state index contributed by atoms with van der Waals surface area (Å²) in [5.74, 6) is 1.20. The van der Waals surface area contributed by atoms with Crippen molar-refractivity contribution in [1.82, 2.24) is 15.1 Å². The molecular formula is C25H27N3O3. The third-order valence-corrected chi connectivity index (χ3v) is 5.86. The van der Waals surface area contributed by atoms with E-state index in [9.17, 15) is 9.59 Å². The number of para-hydroxylation sites is 1. The van der Waals surface area contributed by atoms with Crippen LogP contribution in [0, 0.1) is 12.8 Å². The maximum atomic E-state index is 13.1. The first-order valence-corrected chi connectivity index (χ1v) is 10.8. The van der Waals surface area contributed by atoms with Crippen molar-refractivity contribution in [3.8, 4) is 11.5 Å². The van der Waals surface area contributed by atoms with Crippen LogP contribution >= 0.6 is 0 Å². The first kappa shape index (κ1) is 20.8. The van der Waals surface area contributed by atoms with E-state index in [4.69, 9.17) is 4.74 Å². The molecule has 3 aromatic rings. The molecule has 1 fully saturated rings. The molecular weight excluding hydrogens is 390 g/mol. The molecule has 1 aliphatic heterocycles. The third-order valence-electron chi connectivity index (χ3n) is 5.86. The number of ketones is 1. The van der Waals surface area contributed by atoms with E-state index in [1.807, 2.05) is 56.3 Å². The zero-order valence-corrected chi connectivity index (χ0v) is 17.9. The Morgan fingerprint density at radius 2 is 1.81 bits per heavy atom. The average molecular weight is 418 g/mol. The second kappa shape index (κ2) is 9.16. The predicted octanol–water partition coefficient (Wildman–Crippen LogP) is 4.81. The van der Waals surface area contributed by atoms with Crippen LogP contribution in [0.15, 0.2) is 54.6 Å². The molecule has 0 radical (unpaired) electrons. The molecule has 160 valence electrons. The van der Waals surface area contributed by atoms with Gasteiger partial charge in [-0.25, -0.2) is 0 Å². The summed E-state index contributed by atoms with van der Waals surface area (Å²) in [7, 11) is 0. The summed E-state index contributed by atoms with van der Waals surface area (Å²) in [5, 5.41) is 7.17. The van der Waals surface area contributed by atoms with Crippen molar-refractivity contribution in [2.45, 2.75) is 33.1 Å². The standard InChI is InChI=1S/C25H27N3O3/c1-3-22-17(2)23(27-26-22)25(30)28-15-7-8-19(16-28)24(29)18-11-13-21(14-12-18)31-20-9-5-4-6-10-20/h4-6,9-14,19H,3,7-8,15-16H2,1-2H3,(H,26,27)/t19-/m0/s1. The SMILES string of the molecule is CCc1[nH]nc(C(=O)N2CCC[C@H](C(=O)c3ccc(Oc4ccccc4)cc3)C2)c1C. The van der Waals surface area contributed by atoms with Gasteiger partial charge in [-0.2, -0.15) is 5.10 Å². The average Bonchev–Trinajstić information content (AvgIpc) is 3.19. The number of likely N-dealkylation sites (tertiary alicyclic amines) is 1. The molecule has 2 aromatic carbocycles. The lowest BCUT2D eigenvalue weighted by molar-refractivity contribution is 0.0631. The Morgan fingerprint density at radius 3 is 2.48 bits per heavy atom. The summed E-state index contributed by atoms with van der Waals surface area (Å²) in [5.41, 5.74) is 2.98. The molecule has 6 nitrogen and oxygen atoms in total. The highest BCUT2D eigenvalue weighted by atomic mass is 16.5. The Kier molecular flexibility index (Phi) is 6.16. The topological polar surface area (TPSA) is 75.3 Å². The maximum Gasteiger partial charge on any atom is 0.274 e. The second-order valence-electron chi connectivity index (χ2n) is 7.92. The van der Waals surface area contributed by atoms with Crippen LogP contribution in [0.3, 0.4) is 0 Å². The third kappa shape index (κ3) is 4.53. The molecule has 1 aromatic heterocycles. The van der Waals surface area contributed by atoms with Crippen LogP contribution in [0.25, 0.3) is 0 Å².